The first kappa shape index (κ1) is 18.0. The Morgan fingerprint density at radius 2 is 1.75 bits per heavy atom. The molecule has 0 N–H and O–H groups in total. The standard InChI is InChI=1S/C5H4F8N3OP3/c6-2(7)4(10,11)5(12,13)3(8,9)1-17-16-19-14-18-15-20-16/h2,19H,1H2. The molecule has 0 bridgehead atoms. The summed E-state index contributed by atoms with van der Waals surface area (Å²) >= 11 is 0. The smallest absolute Gasteiger partial charge is 0.277 e. The second-order valence-electron chi connectivity index (χ2n) is 3.22. The van der Waals surface area contributed by atoms with E-state index in [0.29, 0.717) is 4.60 Å². The lowest BCUT2D eigenvalue weighted by molar-refractivity contribution is -0.350. The van der Waals surface area contributed by atoms with Gasteiger partial charge in [0, 0.05) is 0 Å². The normalized spacial score (nSPS) is 20.9. The van der Waals surface area contributed by atoms with Crippen LogP contribution in [0.15, 0.2) is 9.03 Å². The number of rotatable bonds is 6. The van der Waals surface area contributed by atoms with Crippen LogP contribution in [0, 0.1) is 0 Å². The minimum Gasteiger partial charge on any atom is -0.277 e. The lowest BCUT2D eigenvalue weighted by Gasteiger charge is -2.32. The number of alkyl halides is 8. The van der Waals surface area contributed by atoms with Crippen LogP contribution in [0.25, 0.3) is 0 Å². The van der Waals surface area contributed by atoms with E-state index in [1.165, 1.54) is 0 Å². The first-order valence-electron chi connectivity index (χ1n) is 4.43. The first-order chi connectivity index (χ1) is 9.02. The van der Waals surface area contributed by atoms with E-state index in [-0.39, 0.29) is 17.0 Å². The largest absolute Gasteiger partial charge is 0.380 e. The summed E-state index contributed by atoms with van der Waals surface area (Å²) in [5.74, 6) is -18.0. The van der Waals surface area contributed by atoms with Gasteiger partial charge >= 0.3 is 24.2 Å². The summed E-state index contributed by atoms with van der Waals surface area (Å²) in [5.41, 5.74) is 0. The monoisotopic (exact) mass is 367 g/mol. The molecule has 1 rings (SSSR count). The fourth-order valence-electron chi connectivity index (χ4n) is 0.821. The van der Waals surface area contributed by atoms with Gasteiger partial charge in [0.2, 0.25) is 0 Å². The minimum atomic E-state index is -6.27. The summed E-state index contributed by atoms with van der Waals surface area (Å²) in [6.45, 7) is -2.20. The van der Waals surface area contributed by atoms with Crippen molar-refractivity contribution in [1.29, 1.82) is 0 Å². The zero-order valence-corrected chi connectivity index (χ0v) is 11.7. The summed E-state index contributed by atoms with van der Waals surface area (Å²) in [5, 5.41) is 0. The molecule has 0 fully saturated rings. The fraction of sp³-hybridized carbons (Fsp3) is 1.00. The molecule has 1 aliphatic rings. The summed E-state index contributed by atoms with van der Waals surface area (Å²) in [4.78, 5) is 4.14. The van der Waals surface area contributed by atoms with Crippen LogP contribution in [0.1, 0.15) is 0 Å². The molecule has 116 valence electrons. The second kappa shape index (κ2) is 6.40. The van der Waals surface area contributed by atoms with Gasteiger partial charge in [-0.2, -0.15) is 30.9 Å². The van der Waals surface area contributed by atoms with Gasteiger partial charge in [-0.05, 0) is 0 Å². The van der Waals surface area contributed by atoms with E-state index in [1.807, 2.05) is 0 Å². The third-order valence-corrected chi connectivity index (χ3v) is 4.33. The van der Waals surface area contributed by atoms with Crippen LogP contribution in [-0.4, -0.2) is 35.4 Å². The predicted molar refractivity (Wildman–Crippen MR) is 55.6 cm³/mol. The van der Waals surface area contributed by atoms with Crippen LogP contribution >= 0.6 is 25.9 Å². The van der Waals surface area contributed by atoms with Gasteiger partial charge in [-0.15, -0.1) is 0 Å². The minimum absolute atomic E-state index is 0.0353. The van der Waals surface area contributed by atoms with E-state index in [2.05, 4.69) is 13.9 Å². The number of halogens is 8. The molecule has 1 unspecified atom stereocenters. The fourth-order valence-corrected chi connectivity index (χ4v) is 3.35. The van der Waals surface area contributed by atoms with E-state index in [0.717, 1.165) is 0 Å². The maximum absolute atomic E-state index is 13.0. The average molecular weight is 367 g/mol. The molecule has 0 aromatic carbocycles. The molecule has 0 radical (unpaired) electrons. The van der Waals surface area contributed by atoms with Crippen molar-refractivity contribution in [1.82, 2.24) is 4.60 Å². The van der Waals surface area contributed by atoms with Crippen molar-refractivity contribution >= 4 is 25.9 Å². The van der Waals surface area contributed by atoms with Crippen molar-refractivity contribution in [2.45, 2.75) is 24.2 Å². The molecule has 20 heavy (non-hydrogen) atoms. The maximum Gasteiger partial charge on any atom is 0.380 e. The molecule has 1 aliphatic heterocycles. The van der Waals surface area contributed by atoms with Crippen LogP contribution in [-0.2, 0) is 4.84 Å². The van der Waals surface area contributed by atoms with Gasteiger partial charge in [-0.3, -0.25) is 4.84 Å². The molecular weight excluding hydrogens is 363 g/mol. The Morgan fingerprint density at radius 1 is 1.15 bits per heavy atom. The van der Waals surface area contributed by atoms with Crippen molar-refractivity contribution in [3.8, 4) is 0 Å². The van der Waals surface area contributed by atoms with Gasteiger partial charge in [0.15, 0.2) is 8.52 Å². The zero-order valence-electron chi connectivity index (χ0n) is 8.95. The molecular formula is C5H4F8N3OP3. The average Bonchev–Trinajstić information content (AvgIpc) is 2.37. The van der Waals surface area contributed by atoms with Crippen molar-refractivity contribution < 1.29 is 40.0 Å². The predicted octanol–water partition coefficient (Wildman–Crippen LogP) is 5.00. The summed E-state index contributed by atoms with van der Waals surface area (Å²) in [6, 6.07) is 0. The van der Waals surface area contributed by atoms with E-state index in [1.54, 1.807) is 0 Å². The number of hydrogen-bond donors (Lipinski definition) is 0. The second-order valence-corrected chi connectivity index (χ2v) is 6.44. The topological polar surface area (TPSA) is 37.2 Å². The Kier molecular flexibility index (Phi) is 5.77. The Morgan fingerprint density at radius 3 is 2.20 bits per heavy atom. The molecule has 0 aliphatic carbocycles. The van der Waals surface area contributed by atoms with E-state index < -0.39 is 39.7 Å². The highest BCUT2D eigenvalue weighted by atomic mass is 31.2. The Balaban J connectivity index is 2.75. The molecule has 0 aromatic heterocycles. The summed E-state index contributed by atoms with van der Waals surface area (Å²) in [7, 11) is -0.313. The number of nitrogens with zero attached hydrogens (tertiary/aromatic N) is 3. The van der Waals surface area contributed by atoms with Crippen molar-refractivity contribution in [2.24, 2.45) is 9.03 Å². The van der Waals surface area contributed by atoms with Crippen LogP contribution in [0.3, 0.4) is 0 Å². The lowest BCUT2D eigenvalue weighted by atomic mass is 10.1. The molecule has 1 heterocycles. The van der Waals surface area contributed by atoms with Crippen molar-refractivity contribution in [3.05, 3.63) is 0 Å². The van der Waals surface area contributed by atoms with E-state index in [9.17, 15) is 35.1 Å². The van der Waals surface area contributed by atoms with Gasteiger partial charge in [0.25, 0.3) is 0 Å². The Hall–Kier alpha value is -0.0100. The highest BCUT2D eigenvalue weighted by molar-refractivity contribution is 7.55. The highest BCUT2D eigenvalue weighted by Crippen LogP contribution is 2.49. The quantitative estimate of drug-likeness (QED) is 0.489. The van der Waals surface area contributed by atoms with Crippen molar-refractivity contribution in [3.63, 3.8) is 0 Å². The Bertz CT molecular complexity index is 405. The van der Waals surface area contributed by atoms with Gasteiger partial charge < -0.3 is 0 Å². The number of hydrogen-bond acceptors (Lipinski definition) is 4. The van der Waals surface area contributed by atoms with E-state index in [4.69, 9.17) is 0 Å². The molecule has 0 saturated carbocycles. The molecule has 0 amide bonds. The molecule has 4 nitrogen and oxygen atoms in total. The SMILES string of the molecule is FC(F)C(F)(F)C(F)(F)C(F)(F)CON1P=NP=NP1. The molecule has 15 heteroatoms. The van der Waals surface area contributed by atoms with Crippen molar-refractivity contribution in [2.75, 3.05) is 6.61 Å². The summed E-state index contributed by atoms with van der Waals surface area (Å²) in [6.07, 6.45) is -4.94. The molecule has 0 spiro atoms. The van der Waals surface area contributed by atoms with Crippen LogP contribution in [0.4, 0.5) is 35.1 Å². The van der Waals surface area contributed by atoms with E-state index >= 15 is 0 Å². The van der Waals surface area contributed by atoms with Gasteiger partial charge in [0.05, 0.1) is 0 Å². The highest BCUT2D eigenvalue weighted by Gasteiger charge is 2.75. The van der Waals surface area contributed by atoms with Gasteiger partial charge in [-0.1, -0.05) is 4.60 Å². The van der Waals surface area contributed by atoms with Gasteiger partial charge in [-0.25, -0.2) is 13.3 Å². The van der Waals surface area contributed by atoms with Crippen LogP contribution in [0.2, 0.25) is 0 Å². The maximum atomic E-state index is 13.0. The lowest BCUT2D eigenvalue weighted by Crippen LogP contribution is -2.59. The molecule has 1 atom stereocenters. The van der Waals surface area contributed by atoms with Gasteiger partial charge in [0.1, 0.15) is 24.0 Å². The third kappa shape index (κ3) is 3.60. The third-order valence-electron chi connectivity index (χ3n) is 1.86. The summed E-state index contributed by atoms with van der Waals surface area (Å²) < 4.78 is 108. The molecule has 0 aromatic rings. The van der Waals surface area contributed by atoms with Crippen LogP contribution < -0.4 is 0 Å². The Labute approximate surface area is 111 Å². The van der Waals surface area contributed by atoms with Crippen LogP contribution in [0.5, 0.6) is 0 Å². The first-order valence-corrected chi connectivity index (χ1v) is 6.93. The molecule has 0 saturated heterocycles. The zero-order chi connectivity index (χ0) is 15.6.